The molecular formula is C27H31N2O3+. The zero-order valence-electron chi connectivity index (χ0n) is 19.4. The molecule has 0 aliphatic rings. The normalized spacial score (nSPS) is 11.3. The predicted octanol–water partition coefficient (Wildman–Crippen LogP) is 7.23. The minimum absolute atomic E-state index is 0.339. The molecule has 0 unspecified atom stereocenters. The SMILES string of the molecule is CO[N+](=O)c1ccc(OCc2ccccc2)c(C=Nc2c(C(C)C)cccc2C(C)C)c1. The maximum absolute atomic E-state index is 12.0. The van der Waals surface area contributed by atoms with Crippen molar-refractivity contribution < 1.29 is 14.5 Å². The van der Waals surface area contributed by atoms with Crippen molar-refractivity contribution in [3.8, 4) is 5.75 Å². The van der Waals surface area contributed by atoms with Gasteiger partial charge < -0.3 is 4.74 Å². The summed E-state index contributed by atoms with van der Waals surface area (Å²) in [5.41, 5.74) is 5.51. The zero-order chi connectivity index (χ0) is 23.1. The van der Waals surface area contributed by atoms with E-state index in [0.717, 1.165) is 11.3 Å². The molecular weight excluding hydrogens is 400 g/mol. The van der Waals surface area contributed by atoms with Crippen LogP contribution in [-0.4, -0.2) is 18.2 Å². The Bertz CT molecular complexity index is 1060. The summed E-state index contributed by atoms with van der Waals surface area (Å²) in [6, 6.07) is 21.5. The molecule has 0 atom stereocenters. The number of hydrogen-bond acceptors (Lipinski definition) is 4. The Labute approximate surface area is 190 Å². The van der Waals surface area contributed by atoms with Gasteiger partial charge in [0.15, 0.2) is 7.11 Å². The lowest BCUT2D eigenvalue weighted by Crippen LogP contribution is -2.02. The maximum atomic E-state index is 12.0. The van der Waals surface area contributed by atoms with Crippen molar-refractivity contribution in [2.45, 2.75) is 46.1 Å². The summed E-state index contributed by atoms with van der Waals surface area (Å²) >= 11 is 0. The van der Waals surface area contributed by atoms with Gasteiger partial charge in [0.05, 0.1) is 10.6 Å². The van der Waals surface area contributed by atoms with Crippen LogP contribution in [0.1, 0.15) is 61.8 Å². The van der Waals surface area contributed by atoms with Gasteiger partial charge in [-0.2, -0.15) is 0 Å². The van der Waals surface area contributed by atoms with E-state index in [9.17, 15) is 4.91 Å². The Kier molecular flexibility index (Phi) is 7.77. The number of nitrogens with zero attached hydrogens (tertiary/aromatic N) is 2. The fourth-order valence-corrected chi connectivity index (χ4v) is 3.52. The molecule has 5 heteroatoms. The second-order valence-corrected chi connectivity index (χ2v) is 8.29. The van der Waals surface area contributed by atoms with E-state index in [-0.39, 0.29) is 0 Å². The summed E-state index contributed by atoms with van der Waals surface area (Å²) in [4.78, 5) is 22.2. The summed E-state index contributed by atoms with van der Waals surface area (Å²) in [6.45, 7) is 9.09. The first-order chi connectivity index (χ1) is 15.4. The van der Waals surface area contributed by atoms with Crippen molar-refractivity contribution in [3.63, 3.8) is 0 Å². The van der Waals surface area contributed by atoms with Crippen LogP contribution in [0.4, 0.5) is 11.4 Å². The minimum Gasteiger partial charge on any atom is -0.488 e. The predicted molar refractivity (Wildman–Crippen MR) is 129 cm³/mol. The van der Waals surface area contributed by atoms with Crippen LogP contribution in [0.5, 0.6) is 5.75 Å². The molecule has 0 amide bonds. The fraction of sp³-hybridized carbons (Fsp3) is 0.296. The van der Waals surface area contributed by atoms with Crippen molar-refractivity contribution in [3.05, 3.63) is 93.9 Å². The highest BCUT2D eigenvalue weighted by Gasteiger charge is 2.18. The van der Waals surface area contributed by atoms with E-state index in [1.807, 2.05) is 30.3 Å². The van der Waals surface area contributed by atoms with E-state index in [1.165, 1.54) is 18.2 Å². The van der Waals surface area contributed by atoms with Gasteiger partial charge in [0.25, 0.3) is 4.92 Å². The van der Waals surface area contributed by atoms with E-state index in [0.29, 0.717) is 40.4 Å². The Morgan fingerprint density at radius 2 is 1.56 bits per heavy atom. The summed E-state index contributed by atoms with van der Waals surface area (Å²) < 4.78 is 6.08. The quantitative estimate of drug-likeness (QED) is 0.265. The second kappa shape index (κ2) is 10.7. The largest absolute Gasteiger partial charge is 0.488 e. The second-order valence-electron chi connectivity index (χ2n) is 8.29. The molecule has 5 nitrogen and oxygen atoms in total. The molecule has 0 N–H and O–H groups in total. The van der Waals surface area contributed by atoms with Gasteiger partial charge in [-0.05, 0) is 34.6 Å². The molecule has 0 aliphatic carbocycles. The van der Waals surface area contributed by atoms with Gasteiger partial charge >= 0.3 is 5.69 Å². The van der Waals surface area contributed by atoms with Gasteiger partial charge in [0, 0.05) is 23.9 Å². The van der Waals surface area contributed by atoms with Gasteiger partial charge in [-0.25, -0.2) is 4.84 Å². The van der Waals surface area contributed by atoms with E-state index in [2.05, 4.69) is 45.9 Å². The number of ether oxygens (including phenoxy) is 1. The molecule has 0 heterocycles. The molecule has 0 saturated carbocycles. The molecule has 0 fully saturated rings. The van der Waals surface area contributed by atoms with E-state index < -0.39 is 0 Å². The third-order valence-electron chi connectivity index (χ3n) is 5.28. The molecule has 0 radical (unpaired) electrons. The highest BCUT2D eigenvalue weighted by molar-refractivity contribution is 5.87. The first-order valence-electron chi connectivity index (χ1n) is 10.9. The summed E-state index contributed by atoms with van der Waals surface area (Å²) in [7, 11) is 1.34. The molecule has 3 rings (SSSR count). The van der Waals surface area contributed by atoms with Crippen LogP contribution in [0.15, 0.2) is 71.7 Å². The van der Waals surface area contributed by atoms with Crippen LogP contribution in [-0.2, 0) is 11.4 Å². The molecule has 3 aromatic carbocycles. The molecule has 3 aromatic rings. The van der Waals surface area contributed by atoms with Crippen LogP contribution in [0.25, 0.3) is 0 Å². The Hall–Kier alpha value is -3.47. The van der Waals surface area contributed by atoms with Gasteiger partial charge in [0.1, 0.15) is 12.4 Å². The number of hydrogen-bond donors (Lipinski definition) is 0. The fourth-order valence-electron chi connectivity index (χ4n) is 3.52. The van der Waals surface area contributed by atoms with Crippen LogP contribution >= 0.6 is 0 Å². The van der Waals surface area contributed by atoms with E-state index in [1.54, 1.807) is 24.4 Å². The van der Waals surface area contributed by atoms with Crippen molar-refractivity contribution >= 4 is 17.6 Å². The van der Waals surface area contributed by atoms with Crippen LogP contribution < -0.4 is 4.74 Å². The van der Waals surface area contributed by atoms with Gasteiger partial charge in [0.2, 0.25) is 0 Å². The topological polar surface area (TPSA) is 50.9 Å². The summed E-state index contributed by atoms with van der Waals surface area (Å²) in [5, 5.41) is 0. The lowest BCUT2D eigenvalue weighted by molar-refractivity contribution is -0.736. The van der Waals surface area contributed by atoms with Crippen LogP contribution in [0.2, 0.25) is 0 Å². The van der Waals surface area contributed by atoms with Crippen molar-refractivity contribution in [2.24, 2.45) is 4.99 Å². The average Bonchev–Trinajstić information content (AvgIpc) is 2.81. The van der Waals surface area contributed by atoms with E-state index in [4.69, 9.17) is 14.6 Å². The Morgan fingerprint density at radius 3 is 2.16 bits per heavy atom. The first-order valence-corrected chi connectivity index (χ1v) is 10.9. The zero-order valence-corrected chi connectivity index (χ0v) is 19.4. The smallest absolute Gasteiger partial charge is 0.317 e. The Balaban J connectivity index is 2.01. The minimum atomic E-state index is 0.339. The number of para-hydroxylation sites is 1. The molecule has 0 bridgehead atoms. The summed E-state index contributed by atoms with van der Waals surface area (Å²) in [5.74, 6) is 1.33. The van der Waals surface area contributed by atoms with Crippen molar-refractivity contribution in [1.82, 2.24) is 0 Å². The summed E-state index contributed by atoms with van der Waals surface area (Å²) in [6.07, 6.45) is 1.78. The van der Waals surface area contributed by atoms with Crippen LogP contribution in [0, 0.1) is 4.91 Å². The highest BCUT2D eigenvalue weighted by Crippen LogP contribution is 2.35. The third-order valence-corrected chi connectivity index (χ3v) is 5.28. The molecule has 0 aliphatic heterocycles. The standard InChI is InChI=1S/C27H31N2O3/c1-19(2)24-12-9-13-25(20(3)4)27(24)28-17-22-16-23(29(30)31-5)14-15-26(22)32-18-21-10-7-6-8-11-21/h6-17,19-20H,18H2,1-5H3/q+1. The van der Waals surface area contributed by atoms with Gasteiger partial charge in [-0.15, -0.1) is 0 Å². The number of benzene rings is 3. The van der Waals surface area contributed by atoms with Gasteiger partial charge in [-0.3, -0.25) is 4.99 Å². The molecule has 0 spiro atoms. The number of rotatable bonds is 9. The van der Waals surface area contributed by atoms with Crippen molar-refractivity contribution in [2.75, 3.05) is 7.11 Å². The van der Waals surface area contributed by atoms with Crippen LogP contribution in [0.3, 0.4) is 0 Å². The Morgan fingerprint density at radius 1 is 0.906 bits per heavy atom. The molecule has 32 heavy (non-hydrogen) atoms. The van der Waals surface area contributed by atoms with Gasteiger partial charge in [-0.1, -0.05) is 76.2 Å². The van der Waals surface area contributed by atoms with E-state index >= 15 is 0 Å². The molecule has 166 valence electrons. The monoisotopic (exact) mass is 431 g/mol. The highest BCUT2D eigenvalue weighted by atomic mass is 16.8. The third kappa shape index (κ3) is 5.61. The van der Waals surface area contributed by atoms with Crippen molar-refractivity contribution in [1.29, 1.82) is 0 Å². The lowest BCUT2D eigenvalue weighted by Gasteiger charge is -2.16. The number of aliphatic imine (C=N–C) groups is 1. The molecule has 0 aromatic heterocycles. The maximum Gasteiger partial charge on any atom is 0.317 e. The molecule has 0 saturated heterocycles. The average molecular weight is 432 g/mol. The lowest BCUT2D eigenvalue weighted by atomic mass is 9.93. The first kappa shape index (κ1) is 23.2.